The summed E-state index contributed by atoms with van der Waals surface area (Å²) in [6.07, 6.45) is 0. The van der Waals surface area contributed by atoms with Crippen LogP contribution < -0.4 is 0 Å². The molecule has 84 valence electrons. The molecule has 0 aliphatic heterocycles. The fraction of sp³-hybridized carbons (Fsp3) is 0. The molecule has 0 fully saturated rings. The molecular formula is C8H6N2O5S. The topological polar surface area (TPSA) is 120 Å². The van der Waals surface area contributed by atoms with Gasteiger partial charge in [-0.1, -0.05) is 6.07 Å². The van der Waals surface area contributed by atoms with Gasteiger partial charge in [-0.05, 0) is 12.1 Å². The summed E-state index contributed by atoms with van der Waals surface area (Å²) in [5.74, 6) is -1.22. The van der Waals surface area contributed by atoms with Crippen LogP contribution in [0.15, 0.2) is 23.4 Å². The first-order chi connectivity index (χ1) is 7.39. The van der Waals surface area contributed by atoms with E-state index in [4.69, 9.17) is 9.66 Å². The molecule has 0 radical (unpaired) electrons. The fourth-order valence-corrected chi connectivity index (χ4v) is 1.75. The summed E-state index contributed by atoms with van der Waals surface area (Å²) in [6, 6.07) is 4.19. The average molecular weight is 242 g/mol. The molecule has 0 saturated carbocycles. The van der Waals surface area contributed by atoms with Gasteiger partial charge in [0.1, 0.15) is 5.52 Å². The molecule has 1 aromatic carbocycles. The molecule has 1 heterocycles. The number of aromatic nitrogens is 2. The number of aromatic carboxylic acids is 1. The highest BCUT2D eigenvalue weighted by molar-refractivity contribution is 7.85. The SMILES string of the molecule is O=C(O)c1cccc2[nH]c(S(=O)(=O)O)nc12. The van der Waals surface area contributed by atoms with E-state index in [9.17, 15) is 13.2 Å². The van der Waals surface area contributed by atoms with Gasteiger partial charge in [-0.15, -0.1) is 0 Å². The predicted octanol–water partition coefficient (Wildman–Crippen LogP) is 0.508. The summed E-state index contributed by atoms with van der Waals surface area (Å²) in [5, 5.41) is 8.16. The minimum Gasteiger partial charge on any atom is -0.478 e. The first-order valence-corrected chi connectivity index (χ1v) is 5.53. The van der Waals surface area contributed by atoms with Crippen LogP contribution in [0.4, 0.5) is 0 Å². The lowest BCUT2D eigenvalue weighted by molar-refractivity contribution is 0.0698. The zero-order chi connectivity index (χ0) is 11.9. The van der Waals surface area contributed by atoms with Gasteiger partial charge >= 0.3 is 16.1 Å². The van der Waals surface area contributed by atoms with Gasteiger partial charge in [-0.3, -0.25) is 4.55 Å². The lowest BCUT2D eigenvalue weighted by atomic mass is 10.2. The molecule has 0 atom stereocenters. The van der Waals surface area contributed by atoms with E-state index in [0.29, 0.717) is 0 Å². The Morgan fingerprint density at radius 3 is 2.62 bits per heavy atom. The molecule has 0 amide bonds. The number of benzene rings is 1. The quantitative estimate of drug-likeness (QED) is 0.660. The van der Waals surface area contributed by atoms with Gasteiger partial charge in [0.15, 0.2) is 0 Å². The van der Waals surface area contributed by atoms with Crippen molar-refractivity contribution in [2.24, 2.45) is 0 Å². The van der Waals surface area contributed by atoms with E-state index in [1.54, 1.807) is 0 Å². The number of rotatable bonds is 2. The number of aromatic amines is 1. The van der Waals surface area contributed by atoms with E-state index in [1.165, 1.54) is 18.2 Å². The molecule has 3 N–H and O–H groups in total. The second-order valence-corrected chi connectivity index (χ2v) is 4.36. The van der Waals surface area contributed by atoms with Crippen molar-refractivity contribution < 1.29 is 22.9 Å². The van der Waals surface area contributed by atoms with Crippen LogP contribution >= 0.6 is 0 Å². The Kier molecular flexibility index (Phi) is 2.17. The molecule has 0 aliphatic carbocycles. The Morgan fingerprint density at radius 2 is 2.06 bits per heavy atom. The summed E-state index contributed by atoms with van der Waals surface area (Å²) >= 11 is 0. The third-order valence-electron chi connectivity index (χ3n) is 1.97. The fourth-order valence-electron chi connectivity index (χ4n) is 1.30. The van der Waals surface area contributed by atoms with E-state index in [0.717, 1.165) is 0 Å². The molecule has 2 rings (SSSR count). The molecular weight excluding hydrogens is 236 g/mol. The third kappa shape index (κ3) is 1.64. The number of H-pyrrole nitrogens is 1. The molecule has 0 saturated heterocycles. The van der Waals surface area contributed by atoms with Crippen molar-refractivity contribution in [2.45, 2.75) is 5.16 Å². The van der Waals surface area contributed by atoms with Crippen LogP contribution in [0, 0.1) is 0 Å². The Morgan fingerprint density at radius 1 is 1.38 bits per heavy atom. The van der Waals surface area contributed by atoms with Gasteiger partial charge in [0.05, 0.1) is 11.1 Å². The lowest BCUT2D eigenvalue weighted by Crippen LogP contribution is -2.00. The number of nitrogens with one attached hydrogen (secondary N) is 1. The molecule has 1 aromatic heterocycles. The Balaban J connectivity index is 2.81. The summed E-state index contributed by atoms with van der Waals surface area (Å²) in [7, 11) is -4.47. The van der Waals surface area contributed by atoms with Crippen molar-refractivity contribution in [1.29, 1.82) is 0 Å². The largest absolute Gasteiger partial charge is 0.478 e. The summed E-state index contributed by atoms with van der Waals surface area (Å²) < 4.78 is 30.3. The number of nitrogens with zero attached hydrogens (tertiary/aromatic N) is 1. The number of hydrogen-bond acceptors (Lipinski definition) is 4. The van der Waals surface area contributed by atoms with Crippen molar-refractivity contribution in [3.63, 3.8) is 0 Å². The molecule has 8 heteroatoms. The summed E-state index contributed by atoms with van der Waals surface area (Å²) in [6.45, 7) is 0. The Labute approximate surface area is 89.5 Å². The van der Waals surface area contributed by atoms with Crippen LogP contribution in [0.3, 0.4) is 0 Å². The number of para-hydroxylation sites is 1. The maximum Gasteiger partial charge on any atom is 0.337 e. The zero-order valence-electron chi connectivity index (χ0n) is 7.71. The van der Waals surface area contributed by atoms with Crippen molar-refractivity contribution in [1.82, 2.24) is 9.97 Å². The number of carboxylic acid groups (broad SMARTS) is 1. The average Bonchev–Trinajstić information content (AvgIpc) is 2.59. The van der Waals surface area contributed by atoms with E-state index in [2.05, 4.69) is 9.97 Å². The standard InChI is InChI=1S/C8H6N2O5S/c11-7(12)4-2-1-3-5-6(4)10-8(9-5)16(13,14)15/h1-3H,(H,9,10)(H,11,12)(H,13,14,15). The highest BCUT2D eigenvalue weighted by Gasteiger charge is 2.18. The predicted molar refractivity (Wildman–Crippen MR) is 52.9 cm³/mol. The van der Waals surface area contributed by atoms with Gasteiger partial charge in [0.2, 0.25) is 0 Å². The Hall–Kier alpha value is -1.93. The smallest absolute Gasteiger partial charge is 0.337 e. The van der Waals surface area contributed by atoms with Crippen molar-refractivity contribution >= 4 is 27.1 Å². The van der Waals surface area contributed by atoms with Crippen LogP contribution in [-0.4, -0.2) is 34.0 Å². The van der Waals surface area contributed by atoms with E-state index in [1.807, 2.05) is 0 Å². The second kappa shape index (κ2) is 3.29. The molecule has 0 unspecified atom stereocenters. The van der Waals surface area contributed by atoms with Crippen molar-refractivity contribution in [3.05, 3.63) is 23.8 Å². The number of carboxylic acids is 1. The number of fused-ring (bicyclic) bond motifs is 1. The Bertz CT molecular complexity index is 673. The highest BCUT2D eigenvalue weighted by atomic mass is 32.2. The van der Waals surface area contributed by atoms with Gasteiger partial charge in [-0.2, -0.15) is 8.42 Å². The number of hydrogen-bond donors (Lipinski definition) is 3. The maximum absolute atomic E-state index is 10.8. The van der Waals surface area contributed by atoms with Crippen molar-refractivity contribution in [2.75, 3.05) is 0 Å². The van der Waals surface area contributed by atoms with Gasteiger partial charge in [-0.25, -0.2) is 9.78 Å². The molecule has 0 aliphatic rings. The summed E-state index contributed by atoms with van der Waals surface area (Å²) in [4.78, 5) is 16.7. The normalized spacial score (nSPS) is 11.8. The van der Waals surface area contributed by atoms with Crippen molar-refractivity contribution in [3.8, 4) is 0 Å². The van der Waals surface area contributed by atoms with Crippen LogP contribution in [0.25, 0.3) is 11.0 Å². The van der Waals surface area contributed by atoms with Gasteiger partial charge < -0.3 is 10.1 Å². The molecule has 0 bridgehead atoms. The molecule has 2 aromatic rings. The monoisotopic (exact) mass is 242 g/mol. The zero-order valence-corrected chi connectivity index (χ0v) is 8.52. The first-order valence-electron chi connectivity index (χ1n) is 4.09. The third-order valence-corrected chi connectivity index (χ3v) is 2.65. The van der Waals surface area contributed by atoms with E-state index < -0.39 is 21.2 Å². The van der Waals surface area contributed by atoms with E-state index >= 15 is 0 Å². The van der Waals surface area contributed by atoms with E-state index in [-0.39, 0.29) is 16.6 Å². The van der Waals surface area contributed by atoms with Crippen LogP contribution in [-0.2, 0) is 10.1 Å². The van der Waals surface area contributed by atoms with Gasteiger partial charge in [0.25, 0.3) is 5.16 Å². The molecule has 16 heavy (non-hydrogen) atoms. The maximum atomic E-state index is 10.8. The number of imidazole rings is 1. The first kappa shape index (κ1) is 10.6. The number of carbonyl (C=O) groups is 1. The second-order valence-electron chi connectivity index (χ2n) is 3.02. The highest BCUT2D eigenvalue weighted by Crippen LogP contribution is 2.18. The van der Waals surface area contributed by atoms with Crippen LogP contribution in [0.1, 0.15) is 10.4 Å². The van der Waals surface area contributed by atoms with Crippen LogP contribution in [0.5, 0.6) is 0 Å². The van der Waals surface area contributed by atoms with Gasteiger partial charge in [0, 0.05) is 0 Å². The minimum atomic E-state index is -4.47. The minimum absolute atomic E-state index is 0.0115. The molecule has 7 nitrogen and oxygen atoms in total. The lowest BCUT2D eigenvalue weighted by Gasteiger charge is -1.93. The molecule has 0 spiro atoms. The van der Waals surface area contributed by atoms with Crippen LogP contribution in [0.2, 0.25) is 0 Å². The summed E-state index contributed by atoms with van der Waals surface area (Å²) in [5.41, 5.74) is 0.0822.